The van der Waals surface area contributed by atoms with E-state index in [4.69, 9.17) is 11.6 Å². The third kappa shape index (κ3) is 4.33. The van der Waals surface area contributed by atoms with Crippen LogP contribution in [0.1, 0.15) is 36.0 Å². The smallest absolute Gasteiger partial charge is 0.255 e. The lowest BCUT2D eigenvalue weighted by Crippen LogP contribution is -2.35. The fourth-order valence-corrected chi connectivity index (χ4v) is 5.48. The van der Waals surface area contributed by atoms with E-state index in [1.807, 2.05) is 4.90 Å². The molecule has 29 heavy (non-hydrogen) atoms. The van der Waals surface area contributed by atoms with E-state index in [0.717, 1.165) is 38.0 Å². The van der Waals surface area contributed by atoms with Gasteiger partial charge in [0.15, 0.2) is 0 Å². The topological polar surface area (TPSA) is 82.6 Å². The lowest BCUT2D eigenvalue weighted by Gasteiger charge is -2.26. The quantitative estimate of drug-likeness (QED) is 0.794. The first-order chi connectivity index (χ1) is 13.9. The van der Waals surface area contributed by atoms with E-state index in [0.29, 0.717) is 35.1 Å². The van der Waals surface area contributed by atoms with Gasteiger partial charge in [-0.2, -0.15) is 0 Å². The molecule has 0 saturated carbocycles. The zero-order chi connectivity index (χ0) is 20.4. The van der Waals surface area contributed by atoms with Gasteiger partial charge in [-0.25, -0.2) is 13.4 Å². The maximum atomic E-state index is 12.6. The predicted molar refractivity (Wildman–Crippen MR) is 114 cm³/mol. The number of nitrogens with zero attached hydrogens (tertiary/aromatic N) is 3. The summed E-state index contributed by atoms with van der Waals surface area (Å²) < 4.78 is 25.5. The zero-order valence-corrected chi connectivity index (χ0v) is 17.5. The van der Waals surface area contributed by atoms with Crippen LogP contribution in [0.3, 0.4) is 0 Å². The number of piperidine rings is 1. The van der Waals surface area contributed by atoms with Gasteiger partial charge in [0, 0.05) is 31.5 Å². The first-order valence-corrected chi connectivity index (χ1v) is 11.7. The molecule has 2 fully saturated rings. The van der Waals surface area contributed by atoms with Crippen molar-refractivity contribution in [3.63, 3.8) is 0 Å². The number of hydrogen-bond acceptors (Lipinski definition) is 5. The molecule has 2 aliphatic rings. The number of halogens is 1. The Morgan fingerprint density at radius 1 is 1.03 bits per heavy atom. The number of likely N-dealkylation sites (tertiary alicyclic amines) is 1. The Morgan fingerprint density at radius 2 is 1.76 bits per heavy atom. The average molecular weight is 435 g/mol. The molecule has 4 rings (SSSR count). The minimum Gasteiger partial charge on any atom is -0.339 e. The van der Waals surface area contributed by atoms with E-state index < -0.39 is 10.0 Å². The van der Waals surface area contributed by atoms with Gasteiger partial charge in [-0.15, -0.1) is 0 Å². The monoisotopic (exact) mass is 434 g/mol. The van der Waals surface area contributed by atoms with Crippen LogP contribution in [0.5, 0.6) is 0 Å². The molecule has 2 aliphatic heterocycles. The molecule has 1 aromatic heterocycles. The van der Waals surface area contributed by atoms with Crippen molar-refractivity contribution in [2.24, 2.45) is 0 Å². The second-order valence-electron chi connectivity index (χ2n) is 7.32. The van der Waals surface area contributed by atoms with Gasteiger partial charge in [0.1, 0.15) is 5.82 Å². The van der Waals surface area contributed by atoms with Crippen LogP contribution in [0.25, 0.3) is 0 Å². The summed E-state index contributed by atoms with van der Waals surface area (Å²) >= 11 is 6.35. The lowest BCUT2D eigenvalue weighted by molar-refractivity contribution is 0.0724. The average Bonchev–Trinajstić information content (AvgIpc) is 3.09. The zero-order valence-electron chi connectivity index (χ0n) is 16.0. The second-order valence-corrected chi connectivity index (χ2v) is 9.74. The van der Waals surface area contributed by atoms with Crippen molar-refractivity contribution in [1.29, 1.82) is 0 Å². The minimum absolute atomic E-state index is 0.0400. The van der Waals surface area contributed by atoms with Gasteiger partial charge in [0.05, 0.1) is 22.0 Å². The van der Waals surface area contributed by atoms with Crippen LogP contribution in [0.2, 0.25) is 5.02 Å². The Balaban J connectivity index is 1.46. The van der Waals surface area contributed by atoms with Gasteiger partial charge in [0.2, 0.25) is 10.0 Å². The lowest BCUT2D eigenvalue weighted by atomic mass is 10.1. The highest BCUT2D eigenvalue weighted by atomic mass is 35.5. The highest BCUT2D eigenvalue weighted by Crippen LogP contribution is 2.28. The molecule has 1 amide bonds. The summed E-state index contributed by atoms with van der Waals surface area (Å²) in [7, 11) is -3.20. The van der Waals surface area contributed by atoms with Gasteiger partial charge in [-0.1, -0.05) is 11.6 Å². The van der Waals surface area contributed by atoms with Crippen molar-refractivity contribution < 1.29 is 13.2 Å². The molecule has 154 valence electrons. The summed E-state index contributed by atoms with van der Waals surface area (Å²) in [5, 5.41) is 3.48. The molecule has 0 unspecified atom stereocenters. The summed E-state index contributed by atoms with van der Waals surface area (Å²) in [5.74, 6) is 0.597. The molecular weight excluding hydrogens is 412 g/mol. The van der Waals surface area contributed by atoms with Crippen molar-refractivity contribution >= 4 is 44.7 Å². The summed E-state index contributed by atoms with van der Waals surface area (Å²) in [6, 6.07) is 8.72. The maximum Gasteiger partial charge on any atom is 0.255 e. The summed E-state index contributed by atoms with van der Waals surface area (Å²) in [6.45, 7) is 2.06. The molecule has 7 nitrogen and oxygen atoms in total. The molecule has 2 aromatic rings. The molecule has 0 spiro atoms. The molecule has 1 N–H and O–H groups in total. The Labute approximate surface area is 175 Å². The van der Waals surface area contributed by atoms with Gasteiger partial charge in [-0.05, 0) is 56.0 Å². The Bertz CT molecular complexity index is 1000. The number of sulfonamides is 1. The number of rotatable bonds is 4. The third-order valence-electron chi connectivity index (χ3n) is 5.25. The van der Waals surface area contributed by atoms with Crippen LogP contribution in [0.15, 0.2) is 36.5 Å². The number of nitrogens with one attached hydrogen (secondary N) is 1. The van der Waals surface area contributed by atoms with Crippen LogP contribution in [-0.2, 0) is 10.0 Å². The first kappa shape index (κ1) is 20.0. The van der Waals surface area contributed by atoms with Crippen molar-refractivity contribution in [3.05, 3.63) is 47.1 Å². The number of carbonyl (C=O) groups is 1. The molecule has 3 heterocycles. The van der Waals surface area contributed by atoms with E-state index >= 15 is 0 Å². The fraction of sp³-hybridized carbons (Fsp3) is 0.400. The van der Waals surface area contributed by atoms with Crippen molar-refractivity contribution in [1.82, 2.24) is 9.88 Å². The summed E-state index contributed by atoms with van der Waals surface area (Å²) in [6.07, 6.45) is 5.40. The standard InChI is InChI=1S/C20H23ClN4O3S/c21-18-13-15(20(26)24-9-2-1-3-10-24)14-22-19(18)23-16-5-7-17(8-6-16)25-11-4-12-29(25,27)28/h5-8,13-14H,1-4,9-12H2,(H,22,23). The predicted octanol–water partition coefficient (Wildman–Crippen LogP) is 3.64. The molecule has 0 radical (unpaired) electrons. The van der Waals surface area contributed by atoms with Crippen molar-refractivity contribution in [2.75, 3.05) is 35.0 Å². The minimum atomic E-state index is -3.20. The van der Waals surface area contributed by atoms with Gasteiger partial charge in [-0.3, -0.25) is 9.10 Å². The number of hydrogen-bond donors (Lipinski definition) is 1. The Morgan fingerprint density at radius 3 is 2.38 bits per heavy atom. The summed E-state index contributed by atoms with van der Waals surface area (Å²) in [4.78, 5) is 18.7. The van der Waals surface area contributed by atoms with Gasteiger partial charge < -0.3 is 10.2 Å². The number of carbonyl (C=O) groups excluding carboxylic acids is 1. The largest absolute Gasteiger partial charge is 0.339 e. The fourth-order valence-electron chi connectivity index (χ4n) is 3.70. The number of anilines is 3. The highest BCUT2D eigenvalue weighted by Gasteiger charge is 2.28. The van der Waals surface area contributed by atoms with Crippen molar-refractivity contribution in [3.8, 4) is 0 Å². The second kappa shape index (κ2) is 8.20. The van der Waals surface area contributed by atoms with E-state index in [-0.39, 0.29) is 11.7 Å². The van der Waals surface area contributed by atoms with Crippen LogP contribution in [0.4, 0.5) is 17.2 Å². The maximum absolute atomic E-state index is 12.6. The van der Waals surface area contributed by atoms with E-state index in [1.54, 1.807) is 30.3 Å². The van der Waals surface area contributed by atoms with Crippen LogP contribution in [0, 0.1) is 0 Å². The normalized spacial score (nSPS) is 18.7. The van der Waals surface area contributed by atoms with E-state index in [1.165, 1.54) is 10.5 Å². The van der Waals surface area contributed by atoms with E-state index in [2.05, 4.69) is 10.3 Å². The number of aromatic nitrogens is 1. The van der Waals surface area contributed by atoms with Crippen LogP contribution < -0.4 is 9.62 Å². The number of benzene rings is 1. The molecule has 0 atom stereocenters. The third-order valence-corrected chi connectivity index (χ3v) is 7.41. The Hall–Kier alpha value is -2.32. The van der Waals surface area contributed by atoms with Gasteiger partial charge in [0.25, 0.3) is 5.91 Å². The first-order valence-electron chi connectivity index (χ1n) is 9.76. The SMILES string of the molecule is O=C(c1cnc(Nc2ccc(N3CCCS3(=O)=O)cc2)c(Cl)c1)N1CCCCC1. The van der Waals surface area contributed by atoms with Crippen molar-refractivity contribution in [2.45, 2.75) is 25.7 Å². The van der Waals surface area contributed by atoms with Gasteiger partial charge >= 0.3 is 0 Å². The molecule has 2 saturated heterocycles. The van der Waals surface area contributed by atoms with E-state index in [9.17, 15) is 13.2 Å². The van der Waals surface area contributed by atoms with Crippen LogP contribution in [-0.4, -0.2) is 49.6 Å². The number of pyridine rings is 1. The highest BCUT2D eigenvalue weighted by molar-refractivity contribution is 7.93. The Kier molecular flexibility index (Phi) is 5.65. The number of amides is 1. The molecule has 1 aromatic carbocycles. The molecule has 0 aliphatic carbocycles. The van der Waals surface area contributed by atoms with Crippen LogP contribution >= 0.6 is 11.6 Å². The summed E-state index contributed by atoms with van der Waals surface area (Å²) in [5.41, 5.74) is 1.86. The molecular formula is C20H23ClN4O3S. The molecule has 0 bridgehead atoms. The molecule has 9 heteroatoms.